The summed E-state index contributed by atoms with van der Waals surface area (Å²) in [5.41, 5.74) is 0. The molecule has 0 aromatic heterocycles. The first-order valence-corrected chi connectivity index (χ1v) is 8.76. The molecule has 0 amide bonds. The number of hydrogen-bond donors (Lipinski definition) is 1. The Morgan fingerprint density at radius 1 is 0.727 bits per heavy atom. The summed E-state index contributed by atoms with van der Waals surface area (Å²) in [6.45, 7) is 0.198. The summed E-state index contributed by atoms with van der Waals surface area (Å²) in [5.74, 6) is -20.5. The zero-order chi connectivity index (χ0) is 26.4. The van der Waals surface area contributed by atoms with Gasteiger partial charge in [-0.3, -0.25) is 0 Å². The van der Waals surface area contributed by atoms with E-state index in [1.807, 2.05) is 0 Å². The van der Waals surface area contributed by atoms with Gasteiger partial charge in [-0.1, -0.05) is 6.08 Å². The van der Waals surface area contributed by atoms with Crippen LogP contribution >= 0.6 is 0 Å². The van der Waals surface area contributed by atoms with Crippen molar-refractivity contribution >= 4 is 0 Å². The van der Waals surface area contributed by atoms with Crippen LogP contribution in [0.5, 0.6) is 0 Å². The maximum absolute atomic E-state index is 13.5. The zero-order valence-corrected chi connectivity index (χ0v) is 16.4. The number of halogens is 13. The largest absolute Gasteiger partial charge is 0.462 e. The topological polar surface area (TPSA) is 47.9 Å². The molecule has 0 aliphatic heterocycles. The van der Waals surface area contributed by atoms with Gasteiger partial charge in [0.1, 0.15) is 6.61 Å². The van der Waals surface area contributed by atoms with Crippen LogP contribution in [0.1, 0.15) is 19.3 Å². The second kappa shape index (κ2) is 11.4. The molecule has 17 heteroatoms. The van der Waals surface area contributed by atoms with Gasteiger partial charge in [-0.2, -0.15) is 57.1 Å². The third-order valence-electron chi connectivity index (χ3n) is 3.74. The van der Waals surface area contributed by atoms with Crippen molar-refractivity contribution in [1.82, 2.24) is 0 Å². The van der Waals surface area contributed by atoms with Crippen LogP contribution in [-0.2, 0) is 14.2 Å². The second-order valence-corrected chi connectivity index (χ2v) is 6.49. The first-order chi connectivity index (χ1) is 14.7. The van der Waals surface area contributed by atoms with Crippen LogP contribution in [0.25, 0.3) is 0 Å². The number of aliphatic hydroxyl groups is 1. The van der Waals surface area contributed by atoms with Crippen LogP contribution in [0.4, 0.5) is 57.1 Å². The van der Waals surface area contributed by atoms with Crippen LogP contribution in [0.2, 0.25) is 0 Å². The smallest absolute Gasteiger partial charge is 0.393 e. The number of alkyl halides is 13. The Labute approximate surface area is 178 Å². The predicted octanol–water partition coefficient (Wildman–Crippen LogP) is 5.41. The van der Waals surface area contributed by atoms with Crippen LogP contribution in [0.3, 0.4) is 0 Å². The second-order valence-electron chi connectivity index (χ2n) is 6.49. The molecule has 0 aromatic carbocycles. The van der Waals surface area contributed by atoms with Gasteiger partial charge < -0.3 is 14.6 Å². The summed E-state index contributed by atoms with van der Waals surface area (Å²) >= 11 is 0. The molecule has 0 aliphatic carbocycles. The fourth-order valence-corrected chi connectivity index (χ4v) is 1.91. The molecule has 0 saturated carbocycles. The average Bonchev–Trinajstić information content (AvgIpc) is 2.62. The number of rotatable bonds is 16. The number of hydrogen-bond acceptors (Lipinski definition) is 4. The molecule has 0 aromatic rings. The summed E-state index contributed by atoms with van der Waals surface area (Å²) in [4.78, 5) is 0. The first kappa shape index (κ1) is 31.7. The lowest BCUT2D eigenvalue weighted by Crippen LogP contribution is -2.63. The molecular formula is C16H19F13O4. The SMILES string of the molecule is C=CCOCC[C@H](O)CCCOCC(F)(F)C(F)(F)C(F)(F)OC(F)(F)C(F)(F)C(F)(F)F. The molecule has 0 radical (unpaired) electrons. The summed E-state index contributed by atoms with van der Waals surface area (Å²) in [6.07, 6.45) is -21.7. The van der Waals surface area contributed by atoms with E-state index in [2.05, 4.69) is 11.3 Å². The lowest BCUT2D eigenvalue weighted by molar-refractivity contribution is -0.509. The van der Waals surface area contributed by atoms with Crippen molar-refractivity contribution in [2.24, 2.45) is 0 Å². The van der Waals surface area contributed by atoms with Crippen LogP contribution in [-0.4, -0.2) is 73.8 Å². The standard InChI is InChI=1S/C16H19F13O4/c1-2-6-31-8-5-10(30)4-3-7-32-9-11(17,18)12(19,20)15(26,27)33-16(28,29)13(21,22)14(23,24)25/h2,10,30H,1,3-9H2/t10-/m1/s1. The minimum absolute atomic E-state index is 0.0718. The van der Waals surface area contributed by atoms with Crippen molar-refractivity contribution in [1.29, 1.82) is 0 Å². The Balaban J connectivity index is 4.94. The van der Waals surface area contributed by atoms with E-state index in [0.29, 0.717) is 0 Å². The van der Waals surface area contributed by atoms with Crippen molar-refractivity contribution in [3.63, 3.8) is 0 Å². The molecule has 4 nitrogen and oxygen atoms in total. The van der Waals surface area contributed by atoms with Gasteiger partial charge in [0, 0.05) is 13.2 Å². The maximum atomic E-state index is 13.5. The van der Waals surface area contributed by atoms with E-state index in [1.165, 1.54) is 6.08 Å². The maximum Gasteiger partial charge on any atom is 0.462 e. The molecule has 33 heavy (non-hydrogen) atoms. The molecular weight excluding hydrogens is 503 g/mol. The van der Waals surface area contributed by atoms with Gasteiger partial charge in [0.25, 0.3) is 0 Å². The molecule has 1 atom stereocenters. The van der Waals surface area contributed by atoms with E-state index in [-0.39, 0.29) is 32.5 Å². The fourth-order valence-electron chi connectivity index (χ4n) is 1.91. The molecule has 0 saturated heterocycles. The van der Waals surface area contributed by atoms with Crippen molar-refractivity contribution in [3.05, 3.63) is 12.7 Å². The highest BCUT2D eigenvalue weighted by molar-refractivity contribution is 4.94. The summed E-state index contributed by atoms with van der Waals surface area (Å²) < 4.78 is 177. The fraction of sp³-hybridized carbons (Fsp3) is 0.875. The molecule has 1 N–H and O–H groups in total. The van der Waals surface area contributed by atoms with E-state index >= 15 is 0 Å². The van der Waals surface area contributed by atoms with Gasteiger partial charge in [-0.25, -0.2) is 4.74 Å². The van der Waals surface area contributed by atoms with E-state index in [4.69, 9.17) is 4.74 Å². The Morgan fingerprint density at radius 3 is 1.73 bits per heavy atom. The highest BCUT2D eigenvalue weighted by Crippen LogP contribution is 2.53. The number of ether oxygens (including phenoxy) is 3. The minimum atomic E-state index is -7.41. The predicted molar refractivity (Wildman–Crippen MR) is 83.6 cm³/mol. The lowest BCUT2D eigenvalue weighted by atomic mass is 10.1. The van der Waals surface area contributed by atoms with Crippen molar-refractivity contribution in [3.8, 4) is 0 Å². The van der Waals surface area contributed by atoms with Crippen LogP contribution in [0.15, 0.2) is 12.7 Å². The molecule has 0 fully saturated rings. The van der Waals surface area contributed by atoms with Gasteiger partial charge in [0.2, 0.25) is 0 Å². The van der Waals surface area contributed by atoms with Crippen molar-refractivity contribution in [2.45, 2.75) is 61.5 Å². The number of aliphatic hydroxyl groups excluding tert-OH is 1. The Kier molecular flexibility index (Phi) is 10.9. The molecule has 0 aliphatic rings. The molecule has 0 unspecified atom stereocenters. The van der Waals surface area contributed by atoms with E-state index < -0.39 is 55.5 Å². The van der Waals surface area contributed by atoms with Crippen molar-refractivity contribution in [2.75, 3.05) is 26.4 Å². The highest BCUT2D eigenvalue weighted by Gasteiger charge is 2.81. The van der Waals surface area contributed by atoms with Crippen LogP contribution < -0.4 is 0 Å². The Bertz CT molecular complexity index is 608. The molecule has 198 valence electrons. The average molecular weight is 522 g/mol. The summed E-state index contributed by atoms with van der Waals surface area (Å²) in [5, 5.41) is 9.52. The minimum Gasteiger partial charge on any atom is -0.393 e. The van der Waals surface area contributed by atoms with Gasteiger partial charge in [-0.15, -0.1) is 6.58 Å². The van der Waals surface area contributed by atoms with Gasteiger partial charge in [0.15, 0.2) is 0 Å². The van der Waals surface area contributed by atoms with E-state index in [0.717, 1.165) is 0 Å². The molecule has 0 rings (SSSR count). The Hall–Kier alpha value is -1.33. The Morgan fingerprint density at radius 2 is 1.24 bits per heavy atom. The normalized spacial score (nSPS) is 15.6. The van der Waals surface area contributed by atoms with Gasteiger partial charge in [0.05, 0.1) is 12.7 Å². The van der Waals surface area contributed by atoms with Gasteiger partial charge in [-0.05, 0) is 19.3 Å². The molecule has 0 bridgehead atoms. The highest BCUT2D eigenvalue weighted by atomic mass is 19.4. The third kappa shape index (κ3) is 8.13. The molecule has 0 heterocycles. The van der Waals surface area contributed by atoms with Crippen LogP contribution in [0, 0.1) is 0 Å². The van der Waals surface area contributed by atoms with E-state index in [9.17, 15) is 62.2 Å². The third-order valence-corrected chi connectivity index (χ3v) is 3.74. The summed E-state index contributed by atoms with van der Waals surface area (Å²) in [6, 6.07) is 0. The quantitative estimate of drug-likeness (QED) is 0.168. The van der Waals surface area contributed by atoms with Crippen molar-refractivity contribution < 1.29 is 76.4 Å². The first-order valence-electron chi connectivity index (χ1n) is 8.76. The zero-order valence-electron chi connectivity index (χ0n) is 16.4. The van der Waals surface area contributed by atoms with Gasteiger partial charge >= 0.3 is 36.2 Å². The molecule has 0 spiro atoms. The van der Waals surface area contributed by atoms with E-state index in [1.54, 1.807) is 4.74 Å². The lowest BCUT2D eigenvalue weighted by Gasteiger charge is -2.35. The summed E-state index contributed by atoms with van der Waals surface area (Å²) in [7, 11) is 0. The monoisotopic (exact) mass is 522 g/mol.